The summed E-state index contributed by atoms with van der Waals surface area (Å²) >= 11 is 0. The molecule has 0 saturated heterocycles. The monoisotopic (exact) mass is 228 g/mol. The predicted molar refractivity (Wildman–Crippen MR) is 68.8 cm³/mol. The number of rotatable bonds is 7. The molecular formula is C13H28N2O. The zero-order valence-corrected chi connectivity index (χ0v) is 11.2. The van der Waals surface area contributed by atoms with Gasteiger partial charge < -0.3 is 15.0 Å². The number of methoxy groups -OCH3 is 1. The highest BCUT2D eigenvalue weighted by Crippen LogP contribution is 2.20. The first kappa shape index (κ1) is 13.9. The number of nitrogens with zero attached hydrogens (tertiary/aromatic N) is 1. The minimum atomic E-state index is 0.447. The van der Waals surface area contributed by atoms with Gasteiger partial charge in [-0.25, -0.2) is 0 Å². The van der Waals surface area contributed by atoms with Crippen LogP contribution in [0.25, 0.3) is 0 Å². The molecule has 1 aliphatic rings. The maximum atomic E-state index is 5.53. The maximum absolute atomic E-state index is 5.53. The molecule has 2 unspecified atom stereocenters. The highest BCUT2D eigenvalue weighted by Gasteiger charge is 2.23. The fraction of sp³-hybridized carbons (Fsp3) is 1.00. The smallest absolute Gasteiger partial charge is 0.0724 e. The second-order valence-corrected chi connectivity index (χ2v) is 5.13. The van der Waals surface area contributed by atoms with Crippen LogP contribution in [0.4, 0.5) is 0 Å². The summed E-state index contributed by atoms with van der Waals surface area (Å²) in [5, 5.41) is 3.65. The number of hydrogen-bond acceptors (Lipinski definition) is 3. The van der Waals surface area contributed by atoms with Crippen molar-refractivity contribution in [3.8, 4) is 0 Å². The first-order valence-electron chi connectivity index (χ1n) is 6.65. The van der Waals surface area contributed by atoms with Crippen molar-refractivity contribution >= 4 is 0 Å². The zero-order valence-electron chi connectivity index (χ0n) is 11.2. The fourth-order valence-corrected chi connectivity index (χ4v) is 2.45. The van der Waals surface area contributed by atoms with E-state index in [1.54, 1.807) is 0 Å². The summed E-state index contributed by atoms with van der Waals surface area (Å²) in [5.74, 6) is 0. The van der Waals surface area contributed by atoms with Crippen LogP contribution in [0.1, 0.15) is 38.5 Å². The summed E-state index contributed by atoms with van der Waals surface area (Å²) in [6.07, 6.45) is 8.20. The molecule has 0 amide bonds. The van der Waals surface area contributed by atoms with Crippen molar-refractivity contribution in [2.75, 3.05) is 34.3 Å². The van der Waals surface area contributed by atoms with E-state index in [1.807, 2.05) is 7.11 Å². The molecule has 2 atom stereocenters. The van der Waals surface area contributed by atoms with E-state index in [-0.39, 0.29) is 0 Å². The van der Waals surface area contributed by atoms with Gasteiger partial charge in [-0.2, -0.15) is 0 Å². The Labute approximate surface area is 101 Å². The molecule has 3 nitrogen and oxygen atoms in total. The molecule has 0 heterocycles. The van der Waals surface area contributed by atoms with Crippen molar-refractivity contribution in [2.45, 2.75) is 50.7 Å². The SMILES string of the molecule is COC1CCCCC1NCCCCN(C)C. The van der Waals surface area contributed by atoms with Crippen LogP contribution in [0.5, 0.6) is 0 Å². The lowest BCUT2D eigenvalue weighted by Gasteiger charge is -2.31. The Morgan fingerprint density at radius 2 is 1.94 bits per heavy atom. The number of hydrogen-bond donors (Lipinski definition) is 1. The second-order valence-electron chi connectivity index (χ2n) is 5.13. The molecule has 0 aromatic carbocycles. The van der Waals surface area contributed by atoms with Gasteiger partial charge in [0.25, 0.3) is 0 Å². The molecular weight excluding hydrogens is 200 g/mol. The van der Waals surface area contributed by atoms with Crippen LogP contribution in [0.2, 0.25) is 0 Å². The summed E-state index contributed by atoms with van der Waals surface area (Å²) in [4.78, 5) is 2.25. The van der Waals surface area contributed by atoms with Crippen molar-refractivity contribution in [1.82, 2.24) is 10.2 Å². The van der Waals surface area contributed by atoms with Gasteiger partial charge in [0.15, 0.2) is 0 Å². The Bertz CT molecular complexity index is 173. The standard InChI is InChI=1S/C13H28N2O/c1-15(2)11-7-6-10-14-12-8-4-5-9-13(12)16-3/h12-14H,4-11H2,1-3H3. The molecule has 0 aromatic heterocycles. The normalized spacial score (nSPS) is 26.2. The van der Waals surface area contributed by atoms with Crippen molar-refractivity contribution < 1.29 is 4.74 Å². The predicted octanol–water partition coefficient (Wildman–Crippen LogP) is 1.88. The summed E-state index contributed by atoms with van der Waals surface area (Å²) in [6.45, 7) is 2.33. The molecule has 1 fully saturated rings. The molecule has 3 heteroatoms. The average Bonchev–Trinajstić information content (AvgIpc) is 2.29. The van der Waals surface area contributed by atoms with Crippen LogP contribution < -0.4 is 5.32 Å². The van der Waals surface area contributed by atoms with Gasteiger partial charge in [-0.1, -0.05) is 12.8 Å². The second kappa shape index (κ2) is 8.04. The first-order chi connectivity index (χ1) is 7.74. The van der Waals surface area contributed by atoms with E-state index in [4.69, 9.17) is 4.74 Å². The van der Waals surface area contributed by atoms with E-state index in [2.05, 4.69) is 24.3 Å². The minimum Gasteiger partial charge on any atom is -0.380 e. The Morgan fingerprint density at radius 1 is 1.19 bits per heavy atom. The van der Waals surface area contributed by atoms with Crippen LogP contribution in [-0.2, 0) is 4.74 Å². The van der Waals surface area contributed by atoms with Gasteiger partial charge in [0.05, 0.1) is 6.10 Å². The molecule has 0 spiro atoms. The van der Waals surface area contributed by atoms with Crippen LogP contribution in [0.15, 0.2) is 0 Å². The van der Waals surface area contributed by atoms with Gasteiger partial charge in [0.2, 0.25) is 0 Å². The summed E-state index contributed by atoms with van der Waals surface area (Å²) in [6, 6.07) is 0.595. The Balaban J connectivity index is 2.06. The molecule has 1 N–H and O–H groups in total. The van der Waals surface area contributed by atoms with Crippen molar-refractivity contribution in [1.29, 1.82) is 0 Å². The molecule has 0 aliphatic heterocycles. The van der Waals surface area contributed by atoms with Gasteiger partial charge in [-0.15, -0.1) is 0 Å². The lowest BCUT2D eigenvalue weighted by Crippen LogP contribution is -2.43. The van der Waals surface area contributed by atoms with Gasteiger partial charge in [0, 0.05) is 13.2 Å². The Hall–Kier alpha value is -0.120. The van der Waals surface area contributed by atoms with Gasteiger partial charge in [0.1, 0.15) is 0 Å². The third-order valence-electron chi connectivity index (χ3n) is 3.44. The number of ether oxygens (including phenoxy) is 1. The zero-order chi connectivity index (χ0) is 11.8. The van der Waals surface area contributed by atoms with Gasteiger partial charge in [-0.05, 0) is 52.9 Å². The van der Waals surface area contributed by atoms with Gasteiger partial charge in [-0.3, -0.25) is 0 Å². The van der Waals surface area contributed by atoms with Crippen LogP contribution in [-0.4, -0.2) is 51.3 Å². The van der Waals surface area contributed by atoms with Crippen molar-refractivity contribution in [3.63, 3.8) is 0 Å². The lowest BCUT2D eigenvalue weighted by atomic mass is 9.92. The third-order valence-corrected chi connectivity index (χ3v) is 3.44. The quantitative estimate of drug-likeness (QED) is 0.673. The summed E-state index contributed by atoms with van der Waals surface area (Å²) in [7, 11) is 6.11. The summed E-state index contributed by atoms with van der Waals surface area (Å²) in [5.41, 5.74) is 0. The number of nitrogens with one attached hydrogen (secondary N) is 1. The average molecular weight is 228 g/mol. The molecule has 0 aromatic rings. The lowest BCUT2D eigenvalue weighted by molar-refractivity contribution is 0.0418. The molecule has 1 saturated carbocycles. The van der Waals surface area contributed by atoms with Crippen LogP contribution >= 0.6 is 0 Å². The topological polar surface area (TPSA) is 24.5 Å². The molecule has 0 radical (unpaired) electrons. The van der Waals surface area contributed by atoms with Crippen LogP contribution in [0, 0.1) is 0 Å². The molecule has 1 rings (SSSR count). The number of unbranched alkanes of at least 4 members (excludes halogenated alkanes) is 1. The maximum Gasteiger partial charge on any atom is 0.0724 e. The van der Waals surface area contributed by atoms with E-state index in [1.165, 1.54) is 45.1 Å². The highest BCUT2D eigenvalue weighted by molar-refractivity contribution is 4.81. The fourth-order valence-electron chi connectivity index (χ4n) is 2.45. The molecule has 96 valence electrons. The molecule has 16 heavy (non-hydrogen) atoms. The van der Waals surface area contributed by atoms with Gasteiger partial charge >= 0.3 is 0 Å². The van der Waals surface area contributed by atoms with Crippen molar-refractivity contribution in [2.24, 2.45) is 0 Å². The van der Waals surface area contributed by atoms with E-state index >= 15 is 0 Å². The Morgan fingerprint density at radius 3 is 2.62 bits per heavy atom. The first-order valence-corrected chi connectivity index (χ1v) is 6.65. The summed E-state index contributed by atoms with van der Waals surface area (Å²) < 4.78 is 5.53. The minimum absolute atomic E-state index is 0.447. The van der Waals surface area contributed by atoms with E-state index in [0.29, 0.717) is 12.1 Å². The largest absolute Gasteiger partial charge is 0.380 e. The van der Waals surface area contributed by atoms with E-state index in [9.17, 15) is 0 Å². The molecule has 1 aliphatic carbocycles. The van der Waals surface area contributed by atoms with Crippen LogP contribution in [0.3, 0.4) is 0 Å². The van der Waals surface area contributed by atoms with E-state index in [0.717, 1.165) is 6.54 Å². The Kier molecular flexibility index (Phi) is 7.01. The highest BCUT2D eigenvalue weighted by atomic mass is 16.5. The third kappa shape index (κ3) is 5.28. The van der Waals surface area contributed by atoms with E-state index < -0.39 is 0 Å². The van der Waals surface area contributed by atoms with Crippen molar-refractivity contribution in [3.05, 3.63) is 0 Å². The molecule has 0 bridgehead atoms.